The fraction of sp³-hybridized carbons (Fsp3) is 0.462. The number of ether oxygens (including phenoxy) is 1. The Morgan fingerprint density at radius 3 is 2.38 bits per heavy atom. The van der Waals surface area contributed by atoms with Gasteiger partial charge in [0.1, 0.15) is 11.6 Å². The second-order valence-corrected chi connectivity index (χ2v) is 6.04. The smallest absolute Gasteiger partial charge is 0.305 e. The minimum Gasteiger partial charge on any atom is -0.469 e. The number of unbranched alkanes of at least 4 members (excludes halogenated alkanes) is 2. The van der Waals surface area contributed by atoms with Gasteiger partial charge in [0.2, 0.25) is 10.0 Å². The van der Waals surface area contributed by atoms with Gasteiger partial charge in [-0.05, 0) is 25.0 Å². The highest BCUT2D eigenvalue weighted by atomic mass is 32.2. The van der Waals surface area contributed by atoms with E-state index in [1.807, 2.05) is 0 Å². The molecule has 0 aliphatic rings. The number of carbonyl (C=O) groups excluding carboxylic acids is 1. The lowest BCUT2D eigenvalue weighted by atomic mass is 10.2. The lowest BCUT2D eigenvalue weighted by Gasteiger charge is -2.08. The van der Waals surface area contributed by atoms with Crippen LogP contribution in [0, 0.1) is 11.6 Å². The summed E-state index contributed by atoms with van der Waals surface area (Å²) in [6.45, 7) is 0.0390. The molecule has 5 nitrogen and oxygen atoms in total. The van der Waals surface area contributed by atoms with E-state index >= 15 is 0 Å². The maximum Gasteiger partial charge on any atom is 0.305 e. The number of carbonyl (C=O) groups is 1. The van der Waals surface area contributed by atoms with E-state index in [-0.39, 0.29) is 18.9 Å². The van der Waals surface area contributed by atoms with Crippen molar-refractivity contribution in [2.24, 2.45) is 0 Å². The molecule has 0 spiro atoms. The SMILES string of the molecule is COC(=O)CCCCCNS(=O)(=O)c1c(F)cccc1F. The molecule has 0 amide bonds. The summed E-state index contributed by atoms with van der Waals surface area (Å²) >= 11 is 0. The van der Waals surface area contributed by atoms with Gasteiger partial charge in [-0.1, -0.05) is 12.5 Å². The van der Waals surface area contributed by atoms with Crippen molar-refractivity contribution in [3.63, 3.8) is 0 Å². The van der Waals surface area contributed by atoms with E-state index in [0.717, 1.165) is 18.2 Å². The molecule has 0 saturated heterocycles. The van der Waals surface area contributed by atoms with E-state index < -0.39 is 26.6 Å². The maximum absolute atomic E-state index is 13.4. The highest BCUT2D eigenvalue weighted by molar-refractivity contribution is 7.89. The lowest BCUT2D eigenvalue weighted by Crippen LogP contribution is -2.26. The van der Waals surface area contributed by atoms with Crippen LogP contribution in [0.2, 0.25) is 0 Å². The first kappa shape index (κ1) is 17.5. The third-order valence-electron chi connectivity index (χ3n) is 2.77. The van der Waals surface area contributed by atoms with Crippen molar-refractivity contribution in [3.8, 4) is 0 Å². The van der Waals surface area contributed by atoms with Crippen molar-refractivity contribution in [1.82, 2.24) is 4.72 Å². The molecule has 1 aromatic carbocycles. The first-order chi connectivity index (χ1) is 9.88. The molecule has 0 fully saturated rings. The molecular weight excluding hydrogens is 304 g/mol. The average molecular weight is 321 g/mol. The van der Waals surface area contributed by atoms with Crippen LogP contribution in [0.3, 0.4) is 0 Å². The molecule has 1 N–H and O–H groups in total. The molecule has 21 heavy (non-hydrogen) atoms. The van der Waals surface area contributed by atoms with Crippen molar-refractivity contribution in [1.29, 1.82) is 0 Å². The largest absolute Gasteiger partial charge is 0.469 e. The zero-order valence-corrected chi connectivity index (χ0v) is 12.4. The Labute approximate surface area is 122 Å². The Morgan fingerprint density at radius 1 is 1.19 bits per heavy atom. The fourth-order valence-electron chi connectivity index (χ4n) is 1.69. The molecular formula is C13H17F2NO4S. The Kier molecular flexibility index (Phi) is 6.70. The van der Waals surface area contributed by atoms with Crippen LogP contribution in [0.25, 0.3) is 0 Å². The van der Waals surface area contributed by atoms with Gasteiger partial charge < -0.3 is 4.74 Å². The van der Waals surface area contributed by atoms with Gasteiger partial charge in [0.15, 0.2) is 4.90 Å². The Morgan fingerprint density at radius 2 is 1.81 bits per heavy atom. The molecule has 1 aromatic rings. The van der Waals surface area contributed by atoms with E-state index in [1.54, 1.807) is 0 Å². The van der Waals surface area contributed by atoms with Crippen LogP contribution in [0.4, 0.5) is 8.78 Å². The topological polar surface area (TPSA) is 72.5 Å². The number of methoxy groups -OCH3 is 1. The zero-order valence-electron chi connectivity index (χ0n) is 11.6. The van der Waals surface area contributed by atoms with Crippen LogP contribution in [-0.2, 0) is 19.6 Å². The quantitative estimate of drug-likeness (QED) is 0.587. The van der Waals surface area contributed by atoms with Gasteiger partial charge in [-0.3, -0.25) is 4.79 Å². The van der Waals surface area contributed by atoms with E-state index in [0.29, 0.717) is 19.3 Å². The van der Waals surface area contributed by atoms with Crippen LogP contribution in [0.15, 0.2) is 23.1 Å². The Bertz CT molecular complexity index is 570. The van der Waals surface area contributed by atoms with Gasteiger partial charge in [0.25, 0.3) is 0 Å². The number of sulfonamides is 1. The molecule has 8 heteroatoms. The van der Waals surface area contributed by atoms with Crippen molar-refractivity contribution >= 4 is 16.0 Å². The van der Waals surface area contributed by atoms with E-state index in [1.165, 1.54) is 7.11 Å². The summed E-state index contributed by atoms with van der Waals surface area (Å²) in [6.07, 6.45) is 1.86. The van der Waals surface area contributed by atoms with Crippen LogP contribution in [0.5, 0.6) is 0 Å². The van der Waals surface area contributed by atoms with Crippen molar-refractivity contribution in [2.75, 3.05) is 13.7 Å². The predicted molar refractivity (Wildman–Crippen MR) is 72.0 cm³/mol. The lowest BCUT2D eigenvalue weighted by molar-refractivity contribution is -0.140. The standard InChI is InChI=1S/C13H17F2NO4S/c1-20-12(17)8-3-2-4-9-16-21(18,19)13-10(14)6-5-7-11(13)15/h5-7,16H,2-4,8-9H2,1H3. The molecule has 0 saturated carbocycles. The summed E-state index contributed by atoms with van der Waals surface area (Å²) in [5.41, 5.74) is 0. The zero-order chi connectivity index (χ0) is 15.9. The van der Waals surface area contributed by atoms with Gasteiger partial charge >= 0.3 is 5.97 Å². The molecule has 0 aromatic heterocycles. The van der Waals surface area contributed by atoms with Crippen molar-refractivity contribution in [2.45, 2.75) is 30.6 Å². The highest BCUT2D eigenvalue weighted by Gasteiger charge is 2.22. The van der Waals surface area contributed by atoms with Gasteiger partial charge in [-0.15, -0.1) is 0 Å². The first-order valence-corrected chi connectivity index (χ1v) is 7.87. The van der Waals surface area contributed by atoms with E-state index in [4.69, 9.17) is 0 Å². The minimum absolute atomic E-state index is 0.0390. The highest BCUT2D eigenvalue weighted by Crippen LogP contribution is 2.17. The number of esters is 1. The van der Waals surface area contributed by atoms with Gasteiger partial charge in [0, 0.05) is 13.0 Å². The van der Waals surface area contributed by atoms with E-state index in [9.17, 15) is 22.0 Å². The third-order valence-corrected chi connectivity index (χ3v) is 4.28. The van der Waals surface area contributed by atoms with Crippen LogP contribution in [0.1, 0.15) is 25.7 Å². The number of hydrogen-bond donors (Lipinski definition) is 1. The molecule has 0 bridgehead atoms. The summed E-state index contributed by atoms with van der Waals surface area (Å²) in [5.74, 6) is -2.59. The molecule has 0 radical (unpaired) electrons. The molecule has 0 aliphatic carbocycles. The summed E-state index contributed by atoms with van der Waals surface area (Å²) in [6, 6.07) is 2.86. The molecule has 0 heterocycles. The van der Waals surface area contributed by atoms with Crippen LogP contribution < -0.4 is 4.72 Å². The molecule has 1 rings (SSSR count). The normalized spacial score (nSPS) is 11.4. The minimum atomic E-state index is -4.22. The second-order valence-electron chi connectivity index (χ2n) is 4.34. The summed E-state index contributed by atoms with van der Waals surface area (Å²) in [4.78, 5) is 9.87. The Hall–Kier alpha value is -1.54. The number of rotatable bonds is 8. The third kappa shape index (κ3) is 5.39. The molecule has 118 valence electrons. The van der Waals surface area contributed by atoms with Gasteiger partial charge in [-0.2, -0.15) is 0 Å². The molecule has 0 atom stereocenters. The number of benzene rings is 1. The summed E-state index contributed by atoms with van der Waals surface area (Å²) < 4.78 is 57.0. The summed E-state index contributed by atoms with van der Waals surface area (Å²) in [7, 11) is -2.93. The fourth-order valence-corrected chi connectivity index (χ4v) is 2.90. The predicted octanol–water partition coefficient (Wildman–Crippen LogP) is 1.98. The van der Waals surface area contributed by atoms with Crippen LogP contribution in [-0.4, -0.2) is 28.0 Å². The first-order valence-electron chi connectivity index (χ1n) is 6.39. The van der Waals surface area contributed by atoms with Crippen molar-refractivity contribution in [3.05, 3.63) is 29.8 Å². The maximum atomic E-state index is 13.4. The second kappa shape index (κ2) is 8.04. The summed E-state index contributed by atoms with van der Waals surface area (Å²) in [5, 5.41) is 0. The Balaban J connectivity index is 2.46. The number of hydrogen-bond acceptors (Lipinski definition) is 4. The van der Waals surface area contributed by atoms with E-state index in [2.05, 4.69) is 9.46 Å². The van der Waals surface area contributed by atoms with Crippen LogP contribution >= 0.6 is 0 Å². The molecule has 0 aliphatic heterocycles. The van der Waals surface area contributed by atoms with Gasteiger partial charge in [-0.25, -0.2) is 21.9 Å². The average Bonchev–Trinajstić information content (AvgIpc) is 2.41. The van der Waals surface area contributed by atoms with Gasteiger partial charge in [0.05, 0.1) is 7.11 Å². The number of nitrogens with one attached hydrogen (secondary N) is 1. The monoisotopic (exact) mass is 321 g/mol. The number of halogens is 2. The van der Waals surface area contributed by atoms with Crippen molar-refractivity contribution < 1.29 is 26.7 Å². The molecule has 0 unspecified atom stereocenters.